The second kappa shape index (κ2) is 10.0. The molecule has 0 radical (unpaired) electrons. The van der Waals surface area contributed by atoms with Gasteiger partial charge < -0.3 is 20.9 Å². The van der Waals surface area contributed by atoms with E-state index < -0.39 is 12.0 Å². The van der Waals surface area contributed by atoms with Gasteiger partial charge in [-0.2, -0.15) is 0 Å². The van der Waals surface area contributed by atoms with Crippen LogP contribution in [0.3, 0.4) is 0 Å². The minimum absolute atomic E-state index is 0.0984. The number of hydrogen-bond donors (Lipinski definition) is 3. The van der Waals surface area contributed by atoms with Crippen LogP contribution < -0.4 is 16.0 Å². The van der Waals surface area contributed by atoms with E-state index in [1.54, 1.807) is 29.7 Å². The third-order valence-electron chi connectivity index (χ3n) is 7.76. The molecule has 2 aliphatic heterocycles. The molecule has 9 nitrogen and oxygen atoms in total. The van der Waals surface area contributed by atoms with Gasteiger partial charge in [0.25, 0.3) is 5.91 Å². The molecule has 10 heteroatoms. The third-order valence-corrected chi connectivity index (χ3v) is 8.52. The predicted octanol–water partition coefficient (Wildman–Crippen LogP) is 1.85. The van der Waals surface area contributed by atoms with Crippen molar-refractivity contribution >= 4 is 29.1 Å². The first-order chi connectivity index (χ1) is 17.0. The number of nitrogens with one attached hydrogen (secondary N) is 3. The lowest BCUT2D eigenvalue weighted by atomic mass is 9.72. The lowest BCUT2D eigenvalue weighted by Crippen LogP contribution is -2.61. The van der Waals surface area contributed by atoms with Gasteiger partial charge in [0.05, 0.1) is 23.3 Å². The highest BCUT2D eigenvalue weighted by atomic mass is 32.1. The number of thiazole rings is 1. The van der Waals surface area contributed by atoms with E-state index in [-0.39, 0.29) is 23.1 Å². The first kappa shape index (κ1) is 23.9. The van der Waals surface area contributed by atoms with Gasteiger partial charge in [0.1, 0.15) is 4.88 Å². The SMILES string of the molecule is CNC(=O)C(NC(=O)[C@@H]1CN(C(=O)c2cncs2)CC12CNC2)c1cccc(C2CCCCC2)n1. The van der Waals surface area contributed by atoms with Gasteiger partial charge in [-0.15, -0.1) is 11.3 Å². The molecule has 2 saturated heterocycles. The summed E-state index contributed by atoms with van der Waals surface area (Å²) < 4.78 is 0. The van der Waals surface area contributed by atoms with Crippen molar-refractivity contribution in [1.29, 1.82) is 0 Å². The summed E-state index contributed by atoms with van der Waals surface area (Å²) in [6.07, 6.45) is 7.43. The molecule has 0 bridgehead atoms. The molecule has 3 aliphatic rings. The van der Waals surface area contributed by atoms with Gasteiger partial charge >= 0.3 is 0 Å². The highest BCUT2D eigenvalue weighted by molar-refractivity contribution is 7.11. The van der Waals surface area contributed by atoms with Gasteiger partial charge in [-0.3, -0.25) is 24.4 Å². The summed E-state index contributed by atoms with van der Waals surface area (Å²) in [7, 11) is 1.56. The number of likely N-dealkylation sites (N-methyl/N-ethyl adjacent to an activating group) is 1. The summed E-state index contributed by atoms with van der Waals surface area (Å²) in [4.78, 5) is 50.6. The Kier molecular flexibility index (Phi) is 6.84. The zero-order chi connectivity index (χ0) is 24.4. The topological polar surface area (TPSA) is 116 Å². The summed E-state index contributed by atoms with van der Waals surface area (Å²) in [5.41, 5.74) is 2.86. The van der Waals surface area contributed by atoms with Crippen LogP contribution in [-0.2, 0) is 9.59 Å². The van der Waals surface area contributed by atoms with E-state index in [1.807, 2.05) is 12.1 Å². The Balaban J connectivity index is 1.35. The first-order valence-corrected chi connectivity index (χ1v) is 13.3. The molecule has 0 aromatic carbocycles. The Morgan fingerprint density at radius 1 is 1.20 bits per heavy atom. The molecule has 1 unspecified atom stereocenters. The minimum Gasteiger partial charge on any atom is -0.357 e. The average Bonchev–Trinajstić information content (AvgIpc) is 3.56. The molecule has 4 heterocycles. The number of amides is 3. The predicted molar refractivity (Wildman–Crippen MR) is 132 cm³/mol. The van der Waals surface area contributed by atoms with Crippen molar-refractivity contribution in [3.05, 3.63) is 46.2 Å². The number of carbonyl (C=O) groups excluding carboxylic acids is 3. The summed E-state index contributed by atoms with van der Waals surface area (Å²) in [6, 6.07) is 4.88. The quantitative estimate of drug-likeness (QED) is 0.562. The molecular formula is C25H32N6O3S. The summed E-state index contributed by atoms with van der Waals surface area (Å²) >= 11 is 1.30. The van der Waals surface area contributed by atoms with Crippen LogP contribution in [-0.4, -0.2) is 65.8 Å². The van der Waals surface area contributed by atoms with Crippen LogP contribution in [0.2, 0.25) is 0 Å². The Hall–Kier alpha value is -2.85. The number of pyridine rings is 1. The first-order valence-electron chi connectivity index (χ1n) is 12.4. The van der Waals surface area contributed by atoms with Gasteiger partial charge in [0.15, 0.2) is 6.04 Å². The minimum atomic E-state index is -0.882. The van der Waals surface area contributed by atoms with Crippen molar-refractivity contribution in [2.75, 3.05) is 33.2 Å². The molecule has 186 valence electrons. The highest BCUT2D eigenvalue weighted by Gasteiger charge is 2.55. The molecule has 2 atom stereocenters. The van der Waals surface area contributed by atoms with E-state index in [0.29, 0.717) is 42.7 Å². The van der Waals surface area contributed by atoms with Gasteiger partial charge in [0.2, 0.25) is 11.8 Å². The fraction of sp³-hybridized carbons (Fsp3) is 0.560. The third kappa shape index (κ3) is 4.69. The zero-order valence-electron chi connectivity index (χ0n) is 20.0. The number of hydrogen-bond acceptors (Lipinski definition) is 7. The summed E-state index contributed by atoms with van der Waals surface area (Å²) in [5.74, 6) is -0.629. The Morgan fingerprint density at radius 3 is 2.66 bits per heavy atom. The standard InChI is InChI=1S/C25H32N6O3S/c1-26-23(33)21(19-9-5-8-18(29-19)16-6-3-2-4-7-16)30-22(32)17-11-31(14-25(17)12-28-13-25)24(34)20-10-27-15-35-20/h5,8-10,15-17,21,28H,2-4,6-7,11-14H2,1H3,(H,26,33)(H,30,32)/t17-,21?/m0/s1. The van der Waals surface area contributed by atoms with Crippen molar-refractivity contribution < 1.29 is 14.4 Å². The van der Waals surface area contributed by atoms with Gasteiger partial charge in [-0.05, 0) is 25.0 Å². The van der Waals surface area contributed by atoms with Crippen LogP contribution in [0.1, 0.15) is 65.1 Å². The maximum absolute atomic E-state index is 13.6. The molecule has 2 aromatic rings. The second-order valence-electron chi connectivity index (χ2n) is 9.95. The molecule has 1 saturated carbocycles. The number of nitrogens with zero attached hydrogens (tertiary/aromatic N) is 3. The molecule has 35 heavy (non-hydrogen) atoms. The summed E-state index contributed by atoms with van der Waals surface area (Å²) in [5, 5.41) is 8.93. The van der Waals surface area contributed by atoms with Gasteiger partial charge in [-0.25, -0.2) is 0 Å². The van der Waals surface area contributed by atoms with Crippen molar-refractivity contribution in [3.63, 3.8) is 0 Å². The van der Waals surface area contributed by atoms with E-state index in [0.717, 1.165) is 18.5 Å². The monoisotopic (exact) mass is 496 g/mol. The number of carbonyl (C=O) groups is 3. The molecule has 5 rings (SSSR count). The van der Waals surface area contributed by atoms with E-state index in [1.165, 1.54) is 30.6 Å². The number of likely N-dealkylation sites (tertiary alicyclic amines) is 1. The van der Waals surface area contributed by atoms with Gasteiger partial charge in [0, 0.05) is 50.3 Å². The molecule has 1 spiro atoms. The molecule has 1 aliphatic carbocycles. The molecular weight excluding hydrogens is 464 g/mol. The van der Waals surface area contributed by atoms with E-state index in [4.69, 9.17) is 4.98 Å². The number of rotatable bonds is 6. The van der Waals surface area contributed by atoms with E-state index in [2.05, 4.69) is 20.9 Å². The van der Waals surface area contributed by atoms with E-state index in [9.17, 15) is 14.4 Å². The molecule has 3 amide bonds. The van der Waals surface area contributed by atoms with Crippen LogP contribution in [0, 0.1) is 11.3 Å². The van der Waals surface area contributed by atoms with E-state index >= 15 is 0 Å². The lowest BCUT2D eigenvalue weighted by molar-refractivity contribution is -0.133. The molecule has 3 N–H and O–H groups in total. The average molecular weight is 497 g/mol. The maximum atomic E-state index is 13.6. The van der Waals surface area contributed by atoms with Crippen molar-refractivity contribution in [2.24, 2.45) is 11.3 Å². The molecule has 3 fully saturated rings. The van der Waals surface area contributed by atoms with Crippen molar-refractivity contribution in [1.82, 2.24) is 30.8 Å². The van der Waals surface area contributed by atoms with Gasteiger partial charge in [-0.1, -0.05) is 25.3 Å². The second-order valence-corrected chi connectivity index (χ2v) is 10.8. The smallest absolute Gasteiger partial charge is 0.265 e. The fourth-order valence-corrected chi connectivity index (χ4v) is 6.27. The number of aromatic nitrogens is 2. The van der Waals surface area contributed by atoms with Crippen LogP contribution in [0.5, 0.6) is 0 Å². The van der Waals surface area contributed by atoms with Crippen molar-refractivity contribution in [2.45, 2.75) is 44.1 Å². The van der Waals surface area contributed by atoms with Crippen LogP contribution in [0.15, 0.2) is 29.9 Å². The lowest BCUT2D eigenvalue weighted by Gasteiger charge is -2.42. The Morgan fingerprint density at radius 2 is 2.00 bits per heavy atom. The molecule has 2 aromatic heterocycles. The van der Waals surface area contributed by atoms with Crippen LogP contribution in [0.25, 0.3) is 0 Å². The van der Waals surface area contributed by atoms with Crippen molar-refractivity contribution in [3.8, 4) is 0 Å². The maximum Gasteiger partial charge on any atom is 0.265 e. The fourth-order valence-electron chi connectivity index (χ4n) is 5.68. The Bertz CT molecular complexity index is 1080. The summed E-state index contributed by atoms with van der Waals surface area (Å²) in [6.45, 7) is 2.16. The highest BCUT2D eigenvalue weighted by Crippen LogP contribution is 2.41. The van der Waals surface area contributed by atoms with Crippen LogP contribution in [0.4, 0.5) is 0 Å². The Labute approximate surface area is 209 Å². The largest absolute Gasteiger partial charge is 0.357 e. The normalized spacial score (nSPS) is 22.4. The zero-order valence-corrected chi connectivity index (χ0v) is 20.8. The van der Waals surface area contributed by atoms with Crippen LogP contribution >= 0.6 is 11.3 Å².